The van der Waals surface area contributed by atoms with Gasteiger partial charge in [0.1, 0.15) is 0 Å². The van der Waals surface area contributed by atoms with Crippen LogP contribution in [0.25, 0.3) is 0 Å². The van der Waals surface area contributed by atoms with E-state index in [2.05, 4.69) is 49.6 Å². The maximum absolute atomic E-state index is 3.98. The largest absolute Gasteiger partial charge is 0.103 e. The molecule has 0 aliphatic heterocycles. The monoisotopic (exact) mass is 233 g/mol. The standard InChI is InChI=1S/C18H17/c1-3-10-15-13-8-9-14-18(15)17(4-2)16-11-6-5-7-12-16/h3-9,11-12,14,17H,1-2,10H2. The lowest BCUT2D eigenvalue weighted by Gasteiger charge is -2.17. The van der Waals surface area contributed by atoms with Crippen LogP contribution < -0.4 is 0 Å². The first-order valence-corrected chi connectivity index (χ1v) is 6.14. The topological polar surface area (TPSA) is 0 Å². The SMILES string of the molecule is C=CCc1[c]cccc1C(C=C)c1ccccc1. The molecule has 0 nitrogen and oxygen atoms in total. The number of allylic oxidation sites excluding steroid dienone is 2. The fraction of sp³-hybridized carbons (Fsp3) is 0.111. The van der Waals surface area contributed by atoms with Gasteiger partial charge >= 0.3 is 0 Å². The van der Waals surface area contributed by atoms with Crippen LogP contribution in [0.2, 0.25) is 0 Å². The minimum Gasteiger partial charge on any atom is -0.103 e. The van der Waals surface area contributed by atoms with Crippen LogP contribution in [0.5, 0.6) is 0 Å². The van der Waals surface area contributed by atoms with Crippen molar-refractivity contribution in [2.75, 3.05) is 0 Å². The fourth-order valence-electron chi connectivity index (χ4n) is 2.20. The molecule has 1 atom stereocenters. The molecule has 0 aliphatic rings. The van der Waals surface area contributed by atoms with Gasteiger partial charge < -0.3 is 0 Å². The summed E-state index contributed by atoms with van der Waals surface area (Å²) in [6.45, 7) is 7.78. The van der Waals surface area contributed by atoms with Crippen molar-refractivity contribution in [2.45, 2.75) is 12.3 Å². The zero-order valence-electron chi connectivity index (χ0n) is 10.5. The maximum Gasteiger partial charge on any atom is 0.0270 e. The van der Waals surface area contributed by atoms with Crippen LogP contribution in [0.1, 0.15) is 22.6 Å². The van der Waals surface area contributed by atoms with Crippen LogP contribution in [0.4, 0.5) is 0 Å². The Balaban J connectivity index is 2.45. The molecular weight excluding hydrogens is 216 g/mol. The Morgan fingerprint density at radius 2 is 1.83 bits per heavy atom. The molecular formula is C18H17. The van der Waals surface area contributed by atoms with Crippen molar-refractivity contribution in [2.24, 2.45) is 0 Å². The third-order valence-corrected chi connectivity index (χ3v) is 3.06. The number of rotatable bonds is 5. The van der Waals surface area contributed by atoms with Crippen LogP contribution in [0.3, 0.4) is 0 Å². The Morgan fingerprint density at radius 1 is 1.06 bits per heavy atom. The van der Waals surface area contributed by atoms with E-state index >= 15 is 0 Å². The second-order valence-corrected chi connectivity index (χ2v) is 4.22. The van der Waals surface area contributed by atoms with Gasteiger partial charge in [-0.2, -0.15) is 0 Å². The molecule has 2 aromatic rings. The van der Waals surface area contributed by atoms with Gasteiger partial charge in [-0.3, -0.25) is 0 Å². The Labute approximate surface area is 109 Å². The van der Waals surface area contributed by atoms with Gasteiger partial charge in [-0.15, -0.1) is 13.2 Å². The quantitative estimate of drug-likeness (QED) is 0.665. The van der Waals surface area contributed by atoms with Crippen LogP contribution >= 0.6 is 0 Å². The molecule has 1 unspecified atom stereocenters. The van der Waals surface area contributed by atoms with Crippen molar-refractivity contribution in [1.82, 2.24) is 0 Å². The van der Waals surface area contributed by atoms with Gasteiger partial charge in [-0.05, 0) is 29.2 Å². The molecule has 0 heteroatoms. The zero-order valence-corrected chi connectivity index (χ0v) is 10.5. The van der Waals surface area contributed by atoms with E-state index in [1.54, 1.807) is 0 Å². The lowest BCUT2D eigenvalue weighted by Crippen LogP contribution is -2.01. The summed E-state index contributed by atoms with van der Waals surface area (Å²) >= 11 is 0. The van der Waals surface area contributed by atoms with Crippen molar-refractivity contribution >= 4 is 0 Å². The first-order valence-electron chi connectivity index (χ1n) is 6.14. The number of benzene rings is 2. The average molecular weight is 233 g/mol. The average Bonchev–Trinajstić information content (AvgIpc) is 2.43. The first kappa shape index (κ1) is 12.4. The minimum absolute atomic E-state index is 0.221. The third kappa shape index (κ3) is 2.60. The van der Waals surface area contributed by atoms with E-state index in [0.717, 1.165) is 6.42 Å². The predicted molar refractivity (Wildman–Crippen MR) is 77.7 cm³/mol. The van der Waals surface area contributed by atoms with Gasteiger partial charge in [0.05, 0.1) is 0 Å². The van der Waals surface area contributed by atoms with Crippen molar-refractivity contribution in [3.63, 3.8) is 0 Å². The molecule has 89 valence electrons. The fourth-order valence-corrected chi connectivity index (χ4v) is 2.20. The van der Waals surface area contributed by atoms with Crippen LogP contribution in [-0.2, 0) is 6.42 Å². The number of hydrogen-bond acceptors (Lipinski definition) is 0. The Morgan fingerprint density at radius 3 is 2.50 bits per heavy atom. The van der Waals surface area contributed by atoms with E-state index in [1.807, 2.05) is 30.4 Å². The molecule has 0 aliphatic carbocycles. The minimum atomic E-state index is 0.221. The van der Waals surface area contributed by atoms with Gasteiger partial charge in [0, 0.05) is 5.92 Å². The zero-order chi connectivity index (χ0) is 12.8. The highest BCUT2D eigenvalue weighted by Crippen LogP contribution is 2.28. The van der Waals surface area contributed by atoms with Crippen LogP contribution in [0, 0.1) is 6.07 Å². The van der Waals surface area contributed by atoms with E-state index in [9.17, 15) is 0 Å². The summed E-state index contributed by atoms with van der Waals surface area (Å²) in [5.74, 6) is 0.221. The van der Waals surface area contributed by atoms with Gasteiger partial charge in [-0.25, -0.2) is 0 Å². The molecule has 0 heterocycles. The summed E-state index contributed by atoms with van der Waals surface area (Å²) in [4.78, 5) is 0. The molecule has 0 spiro atoms. The normalized spacial score (nSPS) is 11.8. The molecule has 0 amide bonds. The molecule has 0 fully saturated rings. The molecule has 0 aromatic heterocycles. The van der Waals surface area contributed by atoms with E-state index in [-0.39, 0.29) is 5.92 Å². The molecule has 1 radical (unpaired) electrons. The summed E-state index contributed by atoms with van der Waals surface area (Å²) < 4.78 is 0. The molecule has 0 bridgehead atoms. The van der Waals surface area contributed by atoms with Crippen molar-refractivity contribution < 1.29 is 0 Å². The van der Waals surface area contributed by atoms with E-state index in [0.29, 0.717) is 0 Å². The van der Waals surface area contributed by atoms with E-state index in [4.69, 9.17) is 0 Å². The highest BCUT2D eigenvalue weighted by Gasteiger charge is 2.12. The Kier molecular flexibility index (Phi) is 4.14. The van der Waals surface area contributed by atoms with Crippen molar-refractivity contribution in [3.05, 3.63) is 96.6 Å². The van der Waals surface area contributed by atoms with E-state index < -0.39 is 0 Å². The molecule has 2 aromatic carbocycles. The molecule has 2 rings (SSSR count). The molecule has 0 saturated carbocycles. The van der Waals surface area contributed by atoms with Gasteiger partial charge in [-0.1, -0.05) is 60.7 Å². The lowest BCUT2D eigenvalue weighted by atomic mass is 9.87. The molecule has 0 saturated heterocycles. The highest BCUT2D eigenvalue weighted by atomic mass is 14.2. The number of hydrogen-bond donors (Lipinski definition) is 0. The van der Waals surface area contributed by atoms with Crippen molar-refractivity contribution in [1.29, 1.82) is 0 Å². The lowest BCUT2D eigenvalue weighted by molar-refractivity contribution is 0.994. The van der Waals surface area contributed by atoms with Crippen LogP contribution in [-0.4, -0.2) is 0 Å². The third-order valence-electron chi connectivity index (χ3n) is 3.06. The second kappa shape index (κ2) is 6.02. The Bertz CT molecular complexity index is 523. The second-order valence-electron chi connectivity index (χ2n) is 4.22. The highest BCUT2D eigenvalue weighted by molar-refractivity contribution is 5.41. The molecule has 0 N–H and O–H groups in total. The summed E-state index contributed by atoms with van der Waals surface area (Å²) in [5, 5.41) is 0. The molecule has 18 heavy (non-hydrogen) atoms. The van der Waals surface area contributed by atoms with Gasteiger partial charge in [0.2, 0.25) is 0 Å². The van der Waals surface area contributed by atoms with E-state index in [1.165, 1.54) is 16.7 Å². The summed E-state index contributed by atoms with van der Waals surface area (Å²) in [5.41, 5.74) is 3.72. The van der Waals surface area contributed by atoms with Gasteiger partial charge in [0.15, 0.2) is 0 Å². The van der Waals surface area contributed by atoms with Crippen molar-refractivity contribution in [3.8, 4) is 0 Å². The van der Waals surface area contributed by atoms with Gasteiger partial charge in [0.25, 0.3) is 0 Å². The summed E-state index contributed by atoms with van der Waals surface area (Å²) in [6, 6.07) is 19.9. The Hall–Kier alpha value is -2.08. The summed E-state index contributed by atoms with van der Waals surface area (Å²) in [7, 11) is 0. The first-order chi connectivity index (χ1) is 8.86. The smallest absolute Gasteiger partial charge is 0.0270 e. The maximum atomic E-state index is 3.98. The summed E-state index contributed by atoms with van der Waals surface area (Å²) in [6.07, 6.45) is 4.75. The van der Waals surface area contributed by atoms with Crippen LogP contribution in [0.15, 0.2) is 73.8 Å². The predicted octanol–water partition coefficient (Wildman–Crippen LogP) is 4.53.